The summed E-state index contributed by atoms with van der Waals surface area (Å²) in [5, 5.41) is 12.4. The zero-order valence-electron chi connectivity index (χ0n) is 43.0. The monoisotopic (exact) mass is 1070 g/mol. The van der Waals surface area contributed by atoms with Gasteiger partial charge in [0.15, 0.2) is 0 Å². The smallest absolute Gasteiger partial charge is 0.148 e. The minimum Gasteiger partial charge on any atom is -0.507 e. The van der Waals surface area contributed by atoms with Gasteiger partial charge in [0.2, 0.25) is 0 Å². The number of imidazole rings is 1. The quantitative estimate of drug-likeness (QED) is 0.139. The number of hydrogen-bond acceptors (Lipinski definition) is 3. The topological polar surface area (TPSA) is 50.9 Å². The van der Waals surface area contributed by atoms with Gasteiger partial charge in [-0.25, -0.2) is 4.98 Å². The summed E-state index contributed by atoms with van der Waals surface area (Å²) >= 11 is 0. The first-order chi connectivity index (χ1) is 31.4. The van der Waals surface area contributed by atoms with E-state index in [-0.39, 0.29) is 54.9 Å². The zero-order chi connectivity index (χ0) is 48.4. The molecule has 1 N–H and O–H groups in total. The third kappa shape index (κ3) is 9.62. The molecular weight excluding hydrogens is 998 g/mol. The average molecular weight is 1070 g/mol. The van der Waals surface area contributed by atoms with Crippen molar-refractivity contribution < 1.29 is 27.5 Å². The molecule has 0 amide bonds. The molecule has 0 aliphatic rings. The Morgan fingerprint density at radius 3 is 1.91 bits per heavy atom. The largest absolute Gasteiger partial charge is 0.507 e. The van der Waals surface area contributed by atoms with Crippen LogP contribution in [-0.4, -0.2) is 19.6 Å². The molecule has 0 fully saturated rings. The molecule has 4 nitrogen and oxygen atoms in total. The van der Waals surface area contributed by atoms with E-state index in [4.69, 9.17) is 11.3 Å². The summed E-state index contributed by atoms with van der Waals surface area (Å²) in [7, 11) is 0. The molecule has 2 heterocycles. The maximum absolute atomic E-state index is 12.4. The average Bonchev–Trinajstić information content (AvgIpc) is 3.67. The van der Waals surface area contributed by atoms with Gasteiger partial charge in [-0.1, -0.05) is 193 Å². The molecule has 2 aromatic heterocycles. The molecule has 0 aliphatic carbocycles. The number of aromatic nitrogens is 3. The van der Waals surface area contributed by atoms with Gasteiger partial charge >= 0.3 is 0 Å². The molecule has 348 valence electrons. The van der Waals surface area contributed by atoms with Crippen LogP contribution in [0.4, 0.5) is 0 Å². The van der Waals surface area contributed by atoms with Gasteiger partial charge in [-0.15, -0.1) is 29.3 Å². The Hall–Kier alpha value is -5.57. The van der Waals surface area contributed by atoms with E-state index in [9.17, 15) is 5.11 Å². The number of fused-ring (bicyclic) bond motifs is 1. The number of aromatic hydroxyl groups is 1. The SMILES string of the molecule is [2H]C(C)(C)c1ccc(-c2ccnc(-c3[c-]c(-c4cccc5c4nc(-c4cc(C(C)C)cc(C(C)C)c4O)n5-c4ccc(C(C)(C)C(C)(C)C)cc4-c4ccccc4)cc(C(C)(C)C)c3)c2)cc1.[Pt]. The Morgan fingerprint density at radius 1 is 0.597 bits per heavy atom. The van der Waals surface area contributed by atoms with Crippen LogP contribution in [0.1, 0.15) is 144 Å². The predicted molar refractivity (Wildman–Crippen MR) is 280 cm³/mol. The fourth-order valence-corrected chi connectivity index (χ4v) is 8.81. The van der Waals surface area contributed by atoms with Crippen molar-refractivity contribution in [2.24, 2.45) is 5.41 Å². The summed E-state index contributed by atoms with van der Waals surface area (Å²) in [6.07, 6.45) is 1.88. The van der Waals surface area contributed by atoms with Crippen LogP contribution in [0.5, 0.6) is 5.75 Å². The van der Waals surface area contributed by atoms with E-state index in [0.717, 1.165) is 83.6 Å². The number of hydrogen-bond donors (Lipinski definition) is 1. The van der Waals surface area contributed by atoms with Crippen LogP contribution in [0.15, 0.2) is 134 Å². The molecule has 0 atom stereocenters. The van der Waals surface area contributed by atoms with Crippen molar-refractivity contribution in [2.75, 3.05) is 0 Å². The normalized spacial score (nSPS) is 12.7. The number of rotatable bonds is 10. The minimum absolute atomic E-state index is 0. The van der Waals surface area contributed by atoms with Crippen molar-refractivity contribution in [3.63, 3.8) is 0 Å². The van der Waals surface area contributed by atoms with Gasteiger partial charge in [-0.3, -0.25) is 9.55 Å². The molecule has 0 bridgehead atoms. The van der Waals surface area contributed by atoms with Crippen molar-refractivity contribution in [3.05, 3.63) is 167 Å². The Labute approximate surface area is 416 Å². The maximum atomic E-state index is 12.4. The van der Waals surface area contributed by atoms with Crippen LogP contribution in [0.3, 0.4) is 0 Å². The van der Waals surface area contributed by atoms with Crippen LogP contribution in [0.25, 0.3) is 72.7 Å². The van der Waals surface area contributed by atoms with Gasteiger partial charge in [-0.05, 0) is 103 Å². The van der Waals surface area contributed by atoms with Crippen LogP contribution < -0.4 is 0 Å². The van der Waals surface area contributed by atoms with Gasteiger partial charge in [0, 0.05) is 39.9 Å². The summed E-state index contributed by atoms with van der Waals surface area (Å²) in [6.45, 7) is 30.9. The molecule has 8 aromatic rings. The van der Waals surface area contributed by atoms with E-state index in [1.165, 1.54) is 5.56 Å². The number of phenols is 1. The first-order valence-corrected chi connectivity index (χ1v) is 23.7. The molecule has 5 heteroatoms. The van der Waals surface area contributed by atoms with Crippen molar-refractivity contribution >= 4 is 11.0 Å². The van der Waals surface area contributed by atoms with E-state index >= 15 is 0 Å². The summed E-state index contributed by atoms with van der Waals surface area (Å²) < 4.78 is 10.8. The Kier molecular flexibility index (Phi) is 13.5. The second-order valence-corrected chi connectivity index (χ2v) is 21.7. The summed E-state index contributed by atoms with van der Waals surface area (Å²) in [5.74, 6) is 0.606. The summed E-state index contributed by atoms with van der Waals surface area (Å²) in [5.41, 5.74) is 16.5. The van der Waals surface area contributed by atoms with E-state index < -0.39 is 5.89 Å². The second kappa shape index (κ2) is 18.8. The third-order valence-corrected chi connectivity index (χ3v) is 14.2. The Balaban J connectivity index is 0.00000684. The van der Waals surface area contributed by atoms with Crippen molar-refractivity contribution in [2.45, 2.75) is 125 Å². The zero-order valence-corrected chi connectivity index (χ0v) is 44.2. The first-order valence-electron chi connectivity index (χ1n) is 24.2. The van der Waals surface area contributed by atoms with Crippen LogP contribution >= 0.6 is 0 Å². The fraction of sp³-hybridized carbons (Fsp3) is 0.323. The standard InChI is InChI=1S/C62H68N3O.Pt/c1-38(2)41-23-25-42(26-24-41)44-29-30-63-54(36-44)47-31-46(32-49(33-47)60(7,8)9)50-21-18-22-56-57(50)64-59(53-35-45(39(3)4)34-51(40(5)6)58(53)66)65(56)55-28-27-48(62(13,14)61(10,11)12)37-52(55)43-19-16-15-17-20-43;/h15-30,32-40,66H,1-14H3;/q-1;/i38D;. The minimum atomic E-state index is -0.673. The molecule has 0 unspecified atom stereocenters. The Bertz CT molecular complexity index is 3100. The molecule has 0 saturated carbocycles. The van der Waals surface area contributed by atoms with E-state index in [1.807, 2.05) is 38.2 Å². The van der Waals surface area contributed by atoms with Crippen LogP contribution in [0, 0.1) is 11.5 Å². The molecule has 8 rings (SSSR count). The van der Waals surface area contributed by atoms with Crippen LogP contribution in [0.2, 0.25) is 0 Å². The summed E-state index contributed by atoms with van der Waals surface area (Å²) in [4.78, 5) is 10.6. The van der Waals surface area contributed by atoms with Crippen molar-refractivity contribution in [3.8, 4) is 67.5 Å². The number of para-hydroxylation sites is 1. The van der Waals surface area contributed by atoms with Gasteiger partial charge < -0.3 is 5.11 Å². The van der Waals surface area contributed by atoms with E-state index in [2.05, 4.69) is 203 Å². The fourth-order valence-electron chi connectivity index (χ4n) is 8.81. The first kappa shape index (κ1) is 47.9. The number of benzene rings is 6. The van der Waals surface area contributed by atoms with E-state index in [0.29, 0.717) is 11.4 Å². The molecule has 6 aromatic carbocycles. The Morgan fingerprint density at radius 2 is 1.28 bits per heavy atom. The molecule has 0 radical (unpaired) electrons. The molecule has 67 heavy (non-hydrogen) atoms. The molecule has 0 spiro atoms. The number of nitrogens with zero attached hydrogens (tertiary/aromatic N) is 3. The second-order valence-electron chi connectivity index (χ2n) is 21.7. The van der Waals surface area contributed by atoms with Gasteiger partial charge in [0.1, 0.15) is 11.6 Å². The summed E-state index contributed by atoms with van der Waals surface area (Å²) in [6, 6.07) is 49.1. The number of phenolic OH excluding ortho intramolecular Hbond substituents is 1. The molecule has 0 aliphatic heterocycles. The van der Waals surface area contributed by atoms with Crippen molar-refractivity contribution in [1.29, 1.82) is 0 Å². The van der Waals surface area contributed by atoms with Gasteiger partial charge in [0.25, 0.3) is 0 Å². The predicted octanol–water partition coefficient (Wildman–Crippen LogP) is 17.3. The third-order valence-electron chi connectivity index (χ3n) is 14.2. The van der Waals surface area contributed by atoms with E-state index in [1.54, 1.807) is 0 Å². The number of pyridine rings is 1. The molecular formula is C62H68N3OPt-. The van der Waals surface area contributed by atoms with Crippen LogP contribution in [-0.2, 0) is 31.9 Å². The van der Waals surface area contributed by atoms with Crippen molar-refractivity contribution in [1.82, 2.24) is 14.5 Å². The molecule has 0 saturated heterocycles. The maximum Gasteiger partial charge on any atom is 0.148 e. The van der Waals surface area contributed by atoms with Gasteiger partial charge in [-0.2, -0.15) is 0 Å². The van der Waals surface area contributed by atoms with Gasteiger partial charge in [0.05, 0.1) is 22.3 Å².